The van der Waals surface area contributed by atoms with Gasteiger partial charge in [0.1, 0.15) is 0 Å². The van der Waals surface area contributed by atoms with Crippen LogP contribution in [0, 0.1) is 0 Å². The Morgan fingerprint density at radius 1 is 0.463 bits per heavy atom. The molecule has 0 radical (unpaired) electrons. The molecule has 0 saturated carbocycles. The molecule has 0 aromatic heterocycles. The van der Waals surface area contributed by atoms with Crippen LogP contribution in [0.15, 0.2) is 60.7 Å². The average molecular weight is 625 g/mol. The molecule has 4 nitrogen and oxygen atoms in total. The first-order valence-corrected chi connectivity index (χ1v) is 21.4. The van der Waals surface area contributed by atoms with Crippen LogP contribution in [0.4, 0.5) is 0 Å². The van der Waals surface area contributed by atoms with E-state index in [1.165, 1.54) is 102 Å². The fourth-order valence-corrected chi connectivity index (χ4v) is 16.8. The number of methoxy groups -OCH3 is 2. The van der Waals surface area contributed by atoms with Gasteiger partial charge in [-0.2, -0.15) is 0 Å². The molecule has 0 atom stereocenters. The molecule has 2 rings (SSSR count). The van der Waals surface area contributed by atoms with Gasteiger partial charge in [-0.05, 0) is 0 Å². The Bertz CT molecular complexity index is 854. The van der Waals surface area contributed by atoms with Crippen molar-refractivity contribution in [2.75, 3.05) is 14.2 Å². The van der Waals surface area contributed by atoms with Crippen LogP contribution in [0.5, 0.6) is 0 Å². The van der Waals surface area contributed by atoms with Gasteiger partial charge in [-0.1, -0.05) is 0 Å². The molecule has 0 saturated heterocycles. The van der Waals surface area contributed by atoms with Crippen LogP contribution >= 0.6 is 0 Å². The van der Waals surface area contributed by atoms with Crippen molar-refractivity contribution >= 4 is 34.0 Å². The number of carbonyl (C=O) groups is 2. The maximum atomic E-state index is 11.3. The molecule has 41 heavy (non-hydrogen) atoms. The SMILES string of the molecule is COC(=O)CCCCCCCCC[CH2][Ge]([CH2]CCCCCCCCCC(=O)OC)([c]1ccccc1)[c]1ccccc1. The first kappa shape index (κ1) is 35.1. The van der Waals surface area contributed by atoms with Crippen molar-refractivity contribution in [3.63, 3.8) is 0 Å². The Balaban J connectivity index is 1.82. The third kappa shape index (κ3) is 14.6. The van der Waals surface area contributed by atoms with E-state index in [9.17, 15) is 9.59 Å². The Morgan fingerprint density at radius 2 is 0.756 bits per heavy atom. The van der Waals surface area contributed by atoms with Crippen LogP contribution in [0.25, 0.3) is 0 Å². The van der Waals surface area contributed by atoms with Gasteiger partial charge in [0, 0.05) is 0 Å². The number of benzene rings is 2. The summed E-state index contributed by atoms with van der Waals surface area (Å²) in [5.74, 6) is -0.167. The molecule has 2 aromatic rings. The maximum absolute atomic E-state index is 11.3. The van der Waals surface area contributed by atoms with E-state index in [-0.39, 0.29) is 11.9 Å². The number of unbranched alkanes of at least 4 members (excludes halogenated alkanes) is 14. The monoisotopic (exact) mass is 626 g/mol. The molecular weight excluding hydrogens is 569 g/mol. The molecule has 0 amide bonds. The normalized spacial score (nSPS) is 11.4. The molecule has 0 aliphatic rings. The first-order valence-electron chi connectivity index (χ1n) is 16.4. The number of carbonyl (C=O) groups excluding carboxylic acids is 2. The number of ether oxygens (including phenoxy) is 2. The summed E-state index contributed by atoms with van der Waals surface area (Å²) in [5, 5.41) is 2.76. The summed E-state index contributed by atoms with van der Waals surface area (Å²) in [5.41, 5.74) is 0. The molecule has 0 unspecified atom stereocenters. The topological polar surface area (TPSA) is 52.6 Å². The van der Waals surface area contributed by atoms with Crippen molar-refractivity contribution in [3.8, 4) is 0 Å². The summed E-state index contributed by atoms with van der Waals surface area (Å²) in [6.07, 6.45) is 20.8. The zero-order chi connectivity index (χ0) is 29.4. The molecule has 2 aromatic carbocycles. The van der Waals surface area contributed by atoms with E-state index in [1.54, 1.807) is 8.79 Å². The van der Waals surface area contributed by atoms with Crippen molar-refractivity contribution in [2.45, 2.75) is 126 Å². The standard InChI is InChI=1S/C36H56GeO4/c1-40-35(38)29-21-11-7-3-5-9-13-23-31-37(33-25-17-15-18-26-33,34-27-19-16-20-28-34)32-24-14-10-6-4-8-12-22-30-36(39)41-2/h15-20,25-28H,3-14,21-24,29-32H2,1-2H3. The van der Waals surface area contributed by atoms with Crippen LogP contribution in [-0.2, 0) is 19.1 Å². The molecule has 228 valence electrons. The van der Waals surface area contributed by atoms with Gasteiger partial charge in [0.15, 0.2) is 0 Å². The van der Waals surface area contributed by atoms with Gasteiger partial charge in [-0.25, -0.2) is 0 Å². The molecule has 0 N–H and O–H groups in total. The van der Waals surface area contributed by atoms with Crippen LogP contribution in [0.1, 0.15) is 116 Å². The predicted octanol–water partition coefficient (Wildman–Crippen LogP) is 8.62. The Morgan fingerprint density at radius 3 is 1.07 bits per heavy atom. The second-order valence-electron chi connectivity index (χ2n) is 11.6. The van der Waals surface area contributed by atoms with Gasteiger partial charge in [0.2, 0.25) is 0 Å². The summed E-state index contributed by atoms with van der Waals surface area (Å²) in [4.78, 5) is 22.5. The second kappa shape index (κ2) is 22.5. The van der Waals surface area contributed by atoms with Crippen molar-refractivity contribution < 1.29 is 19.1 Å². The number of esters is 2. The number of rotatable bonds is 24. The van der Waals surface area contributed by atoms with Crippen molar-refractivity contribution in [1.29, 1.82) is 0 Å². The summed E-state index contributed by atoms with van der Waals surface area (Å²) in [6, 6.07) is 23.0. The summed E-state index contributed by atoms with van der Waals surface area (Å²) >= 11 is -2.51. The average Bonchev–Trinajstić information content (AvgIpc) is 3.02. The van der Waals surface area contributed by atoms with Crippen LogP contribution < -0.4 is 8.79 Å². The van der Waals surface area contributed by atoms with E-state index in [0.29, 0.717) is 12.8 Å². The van der Waals surface area contributed by atoms with E-state index in [2.05, 4.69) is 60.7 Å². The molecule has 0 heterocycles. The molecular formula is C36H56GeO4. The third-order valence-corrected chi connectivity index (χ3v) is 19.7. The van der Waals surface area contributed by atoms with Crippen LogP contribution in [0.3, 0.4) is 0 Å². The Labute approximate surface area is 253 Å². The minimum absolute atomic E-state index is 0.0833. The Hall–Kier alpha value is -2.08. The summed E-state index contributed by atoms with van der Waals surface area (Å²) in [6.45, 7) is 0. The van der Waals surface area contributed by atoms with Crippen molar-refractivity contribution in [3.05, 3.63) is 60.7 Å². The third-order valence-electron chi connectivity index (χ3n) is 8.58. The van der Waals surface area contributed by atoms with Gasteiger partial charge in [-0.3, -0.25) is 0 Å². The number of hydrogen-bond donors (Lipinski definition) is 0. The van der Waals surface area contributed by atoms with Crippen molar-refractivity contribution in [1.82, 2.24) is 0 Å². The molecule has 0 spiro atoms. The molecule has 0 aliphatic carbocycles. The van der Waals surface area contributed by atoms with E-state index in [4.69, 9.17) is 9.47 Å². The van der Waals surface area contributed by atoms with Crippen molar-refractivity contribution in [2.24, 2.45) is 0 Å². The zero-order valence-corrected chi connectivity index (χ0v) is 28.1. The zero-order valence-electron chi connectivity index (χ0n) is 26.0. The van der Waals surface area contributed by atoms with Crippen LogP contribution in [0.2, 0.25) is 10.5 Å². The molecule has 5 heteroatoms. The summed E-state index contributed by atoms with van der Waals surface area (Å²) < 4.78 is 12.8. The molecule has 0 bridgehead atoms. The van der Waals surface area contributed by atoms with Gasteiger partial charge in [-0.15, -0.1) is 0 Å². The minimum atomic E-state index is -2.51. The van der Waals surface area contributed by atoms with Gasteiger partial charge in [0.05, 0.1) is 14.2 Å². The fourth-order valence-electron chi connectivity index (χ4n) is 6.10. The molecule has 0 fully saturated rings. The Kier molecular flexibility index (Phi) is 19.3. The summed E-state index contributed by atoms with van der Waals surface area (Å²) in [7, 11) is 2.94. The predicted molar refractivity (Wildman–Crippen MR) is 175 cm³/mol. The van der Waals surface area contributed by atoms with Gasteiger partial charge >= 0.3 is 240 Å². The quantitative estimate of drug-likeness (QED) is 0.0666. The van der Waals surface area contributed by atoms with E-state index in [1.807, 2.05) is 0 Å². The van der Waals surface area contributed by atoms with Crippen LogP contribution in [-0.4, -0.2) is 39.4 Å². The van der Waals surface area contributed by atoms with E-state index in [0.717, 1.165) is 25.7 Å². The van der Waals surface area contributed by atoms with E-state index < -0.39 is 13.3 Å². The van der Waals surface area contributed by atoms with Gasteiger partial charge in [0.25, 0.3) is 0 Å². The first-order chi connectivity index (χ1) is 20.1. The van der Waals surface area contributed by atoms with Gasteiger partial charge < -0.3 is 0 Å². The number of hydrogen-bond acceptors (Lipinski definition) is 4. The van der Waals surface area contributed by atoms with E-state index >= 15 is 0 Å². The molecule has 0 aliphatic heterocycles. The fraction of sp³-hybridized carbons (Fsp3) is 0.611. The second-order valence-corrected chi connectivity index (χ2v) is 20.7.